The zero-order valence-electron chi connectivity index (χ0n) is 12.2. The molecule has 0 atom stereocenters. The molecule has 0 saturated heterocycles. The third-order valence-corrected chi connectivity index (χ3v) is 3.23. The van der Waals surface area contributed by atoms with Crippen molar-refractivity contribution in [1.29, 1.82) is 5.26 Å². The second kappa shape index (κ2) is 7.43. The highest BCUT2D eigenvalue weighted by atomic mass is 35.5. The summed E-state index contributed by atoms with van der Waals surface area (Å²) in [5.41, 5.74) is 1.94. The van der Waals surface area contributed by atoms with E-state index in [0.29, 0.717) is 11.4 Å². The monoisotopic (exact) mass is 329 g/mol. The van der Waals surface area contributed by atoms with E-state index in [9.17, 15) is 9.18 Å². The van der Waals surface area contributed by atoms with E-state index in [-0.39, 0.29) is 10.6 Å². The lowest BCUT2D eigenvalue weighted by atomic mass is 10.2. The van der Waals surface area contributed by atoms with E-state index in [0.717, 1.165) is 5.56 Å². The van der Waals surface area contributed by atoms with E-state index >= 15 is 0 Å². The Morgan fingerprint density at radius 2 is 2.04 bits per heavy atom. The van der Waals surface area contributed by atoms with Crippen LogP contribution in [0.5, 0.6) is 0 Å². The number of nitriles is 1. The summed E-state index contributed by atoms with van der Waals surface area (Å²) in [4.78, 5) is 12.1. The van der Waals surface area contributed by atoms with E-state index in [4.69, 9.17) is 16.9 Å². The average molecular weight is 330 g/mol. The summed E-state index contributed by atoms with van der Waals surface area (Å²) in [5, 5.41) is 14.4. The van der Waals surface area contributed by atoms with Crippen LogP contribution in [0.1, 0.15) is 5.56 Å². The predicted octanol–water partition coefficient (Wildman–Crippen LogP) is 4.25. The topological polar surface area (TPSA) is 64.9 Å². The van der Waals surface area contributed by atoms with E-state index in [1.165, 1.54) is 24.4 Å². The molecule has 0 aliphatic carbocycles. The van der Waals surface area contributed by atoms with Crippen LogP contribution < -0.4 is 10.6 Å². The Morgan fingerprint density at radius 1 is 1.26 bits per heavy atom. The summed E-state index contributed by atoms with van der Waals surface area (Å²) in [6, 6.07) is 13.0. The summed E-state index contributed by atoms with van der Waals surface area (Å²) >= 11 is 5.67. The van der Waals surface area contributed by atoms with Crippen LogP contribution in [-0.4, -0.2) is 5.91 Å². The lowest BCUT2D eigenvalue weighted by molar-refractivity contribution is -0.112. The molecule has 0 fully saturated rings. The summed E-state index contributed by atoms with van der Waals surface area (Å²) < 4.78 is 13.1. The van der Waals surface area contributed by atoms with Gasteiger partial charge in [-0.3, -0.25) is 4.79 Å². The molecule has 0 heterocycles. The van der Waals surface area contributed by atoms with Crippen molar-refractivity contribution in [2.45, 2.75) is 6.92 Å². The van der Waals surface area contributed by atoms with Crippen LogP contribution in [0, 0.1) is 24.1 Å². The lowest BCUT2D eigenvalue weighted by Gasteiger charge is -2.06. The van der Waals surface area contributed by atoms with Crippen molar-refractivity contribution in [2.24, 2.45) is 0 Å². The number of nitrogens with zero attached hydrogens (tertiary/aromatic N) is 1. The smallest absolute Gasteiger partial charge is 0.267 e. The van der Waals surface area contributed by atoms with Gasteiger partial charge >= 0.3 is 0 Å². The van der Waals surface area contributed by atoms with E-state index in [2.05, 4.69) is 10.6 Å². The quantitative estimate of drug-likeness (QED) is 0.651. The number of halogens is 2. The molecule has 2 rings (SSSR count). The Labute approximate surface area is 138 Å². The van der Waals surface area contributed by atoms with E-state index in [1.54, 1.807) is 18.2 Å². The van der Waals surface area contributed by atoms with Crippen LogP contribution in [-0.2, 0) is 4.79 Å². The SMILES string of the molecule is Cc1cccc(NC(=O)/C(C#N)=C\Nc2ccc(F)c(Cl)c2)c1. The van der Waals surface area contributed by atoms with Gasteiger partial charge in [-0.25, -0.2) is 4.39 Å². The highest BCUT2D eigenvalue weighted by Crippen LogP contribution is 2.19. The number of nitrogens with one attached hydrogen (secondary N) is 2. The number of aryl methyl sites for hydroxylation is 1. The normalized spacial score (nSPS) is 10.8. The number of carbonyl (C=O) groups is 1. The third-order valence-electron chi connectivity index (χ3n) is 2.94. The van der Waals surface area contributed by atoms with Crippen LogP contribution in [0.4, 0.5) is 15.8 Å². The molecule has 0 aromatic heterocycles. The van der Waals surface area contributed by atoms with Gasteiger partial charge < -0.3 is 10.6 Å². The number of hydrogen-bond donors (Lipinski definition) is 2. The molecule has 0 bridgehead atoms. The first kappa shape index (κ1) is 16.5. The number of anilines is 2. The molecule has 0 radical (unpaired) electrons. The Bertz CT molecular complexity index is 812. The third kappa shape index (κ3) is 4.56. The summed E-state index contributed by atoms with van der Waals surface area (Å²) in [7, 11) is 0. The van der Waals surface area contributed by atoms with Crippen molar-refractivity contribution in [3.05, 3.63) is 70.6 Å². The minimum absolute atomic E-state index is 0.0499. The van der Waals surface area contributed by atoms with Gasteiger partial charge in [0.25, 0.3) is 5.91 Å². The number of benzene rings is 2. The maximum absolute atomic E-state index is 13.1. The fraction of sp³-hybridized carbons (Fsp3) is 0.0588. The maximum Gasteiger partial charge on any atom is 0.267 e. The van der Waals surface area contributed by atoms with Crippen LogP contribution in [0.25, 0.3) is 0 Å². The number of rotatable bonds is 4. The van der Waals surface area contributed by atoms with Gasteiger partial charge in [-0.2, -0.15) is 5.26 Å². The van der Waals surface area contributed by atoms with Gasteiger partial charge in [0.05, 0.1) is 5.02 Å². The average Bonchev–Trinajstić information content (AvgIpc) is 2.51. The van der Waals surface area contributed by atoms with Gasteiger partial charge in [0, 0.05) is 17.6 Å². The molecule has 2 aromatic rings. The molecule has 2 aromatic carbocycles. The lowest BCUT2D eigenvalue weighted by Crippen LogP contribution is -2.14. The maximum atomic E-state index is 13.1. The van der Waals surface area contributed by atoms with Gasteiger partial charge in [-0.1, -0.05) is 23.7 Å². The Hall–Kier alpha value is -2.84. The second-order valence-corrected chi connectivity index (χ2v) is 5.17. The molecule has 23 heavy (non-hydrogen) atoms. The molecule has 0 aliphatic heterocycles. The largest absolute Gasteiger partial charge is 0.360 e. The van der Waals surface area contributed by atoms with Crippen molar-refractivity contribution in [2.75, 3.05) is 10.6 Å². The van der Waals surface area contributed by atoms with Crippen LogP contribution >= 0.6 is 11.6 Å². The van der Waals surface area contributed by atoms with Gasteiger partial charge in [0.2, 0.25) is 0 Å². The molecule has 0 spiro atoms. The highest BCUT2D eigenvalue weighted by molar-refractivity contribution is 6.31. The molecule has 6 heteroatoms. The van der Waals surface area contributed by atoms with Crippen molar-refractivity contribution < 1.29 is 9.18 Å². The standard InChI is InChI=1S/C17H13ClFN3O/c1-11-3-2-4-14(7-11)22-17(23)12(9-20)10-21-13-5-6-16(19)15(18)8-13/h2-8,10,21H,1H3,(H,22,23)/b12-10-. The Morgan fingerprint density at radius 3 is 2.70 bits per heavy atom. The van der Waals surface area contributed by atoms with Crippen molar-refractivity contribution in [3.63, 3.8) is 0 Å². The Balaban J connectivity index is 2.10. The summed E-state index contributed by atoms with van der Waals surface area (Å²) in [6.45, 7) is 1.90. The summed E-state index contributed by atoms with van der Waals surface area (Å²) in [6.07, 6.45) is 1.24. The van der Waals surface area contributed by atoms with E-state index in [1.807, 2.05) is 19.1 Å². The van der Waals surface area contributed by atoms with Crippen molar-refractivity contribution in [3.8, 4) is 6.07 Å². The van der Waals surface area contributed by atoms with Crippen molar-refractivity contribution in [1.82, 2.24) is 0 Å². The van der Waals surface area contributed by atoms with Crippen molar-refractivity contribution >= 4 is 28.9 Å². The second-order valence-electron chi connectivity index (χ2n) is 4.77. The fourth-order valence-electron chi connectivity index (χ4n) is 1.81. The molecule has 0 aliphatic rings. The number of amides is 1. The molecular formula is C17H13ClFN3O. The molecule has 2 N–H and O–H groups in total. The first-order chi connectivity index (χ1) is 11.0. The van der Waals surface area contributed by atoms with Gasteiger partial charge in [0.1, 0.15) is 17.5 Å². The van der Waals surface area contributed by atoms with E-state index < -0.39 is 11.7 Å². The number of carbonyl (C=O) groups excluding carboxylic acids is 1. The fourth-order valence-corrected chi connectivity index (χ4v) is 1.99. The minimum atomic E-state index is -0.543. The molecule has 4 nitrogen and oxygen atoms in total. The van der Waals surface area contributed by atoms with Crippen LogP contribution in [0.3, 0.4) is 0 Å². The molecule has 116 valence electrons. The molecular weight excluding hydrogens is 317 g/mol. The van der Waals surface area contributed by atoms with Crippen LogP contribution in [0.15, 0.2) is 54.2 Å². The Kier molecular flexibility index (Phi) is 5.34. The summed E-state index contributed by atoms with van der Waals surface area (Å²) in [5.74, 6) is -1.09. The predicted molar refractivity (Wildman–Crippen MR) is 88.5 cm³/mol. The van der Waals surface area contributed by atoms with Gasteiger partial charge in [-0.15, -0.1) is 0 Å². The molecule has 0 saturated carbocycles. The van der Waals surface area contributed by atoms with Gasteiger partial charge in [-0.05, 0) is 42.8 Å². The highest BCUT2D eigenvalue weighted by Gasteiger charge is 2.09. The first-order valence-electron chi connectivity index (χ1n) is 6.69. The minimum Gasteiger partial charge on any atom is -0.360 e. The molecule has 0 unspecified atom stereocenters. The van der Waals surface area contributed by atoms with Crippen LogP contribution in [0.2, 0.25) is 5.02 Å². The molecule has 1 amide bonds. The van der Waals surface area contributed by atoms with Gasteiger partial charge in [0.15, 0.2) is 0 Å². The first-order valence-corrected chi connectivity index (χ1v) is 7.07. The number of hydrogen-bond acceptors (Lipinski definition) is 3. The zero-order chi connectivity index (χ0) is 16.8. The zero-order valence-corrected chi connectivity index (χ0v) is 13.0.